The largest absolute Gasteiger partial charge is 0.507 e. The smallest absolute Gasteiger partial charge is 0.416 e. The van der Waals surface area contributed by atoms with Gasteiger partial charge in [-0.05, 0) is 42.8 Å². The van der Waals surface area contributed by atoms with E-state index in [1.807, 2.05) is 0 Å². The van der Waals surface area contributed by atoms with Gasteiger partial charge in [-0.2, -0.15) is 26.3 Å². The summed E-state index contributed by atoms with van der Waals surface area (Å²) in [5, 5.41) is 9.71. The van der Waals surface area contributed by atoms with Gasteiger partial charge in [0.2, 0.25) is 0 Å². The van der Waals surface area contributed by atoms with Crippen molar-refractivity contribution < 1.29 is 31.4 Å². The number of phenolic OH excluding ortho intramolecular Hbond substituents is 1. The van der Waals surface area contributed by atoms with Gasteiger partial charge in [0.25, 0.3) is 0 Å². The van der Waals surface area contributed by atoms with Crippen LogP contribution in [-0.2, 0) is 12.4 Å². The summed E-state index contributed by atoms with van der Waals surface area (Å²) in [5.41, 5.74) is -2.67. The molecule has 0 bridgehead atoms. The zero-order valence-electron chi connectivity index (χ0n) is 11.2. The van der Waals surface area contributed by atoms with Crippen LogP contribution in [0.5, 0.6) is 5.75 Å². The molecule has 0 aromatic heterocycles. The molecule has 0 aliphatic heterocycles. The van der Waals surface area contributed by atoms with E-state index < -0.39 is 29.2 Å². The van der Waals surface area contributed by atoms with Crippen LogP contribution in [0.3, 0.4) is 0 Å². The Morgan fingerprint density at radius 3 is 1.73 bits per heavy atom. The molecular formula is C15H10F6O. The Kier molecular flexibility index (Phi) is 3.85. The van der Waals surface area contributed by atoms with Crippen molar-refractivity contribution in [3.05, 3.63) is 53.1 Å². The second-order valence-electron chi connectivity index (χ2n) is 4.82. The molecule has 2 aromatic carbocycles. The minimum absolute atomic E-state index is 0.0519. The Hall–Kier alpha value is -2.18. The van der Waals surface area contributed by atoms with Crippen molar-refractivity contribution in [1.82, 2.24) is 0 Å². The van der Waals surface area contributed by atoms with Crippen LogP contribution in [0.25, 0.3) is 11.1 Å². The summed E-state index contributed by atoms with van der Waals surface area (Å²) in [7, 11) is 0. The fourth-order valence-corrected chi connectivity index (χ4v) is 1.99. The van der Waals surface area contributed by atoms with Crippen LogP contribution < -0.4 is 0 Å². The molecule has 2 aromatic rings. The highest BCUT2D eigenvalue weighted by Gasteiger charge is 2.37. The zero-order valence-corrected chi connectivity index (χ0v) is 11.2. The molecule has 0 aliphatic carbocycles. The molecule has 118 valence electrons. The van der Waals surface area contributed by atoms with E-state index in [9.17, 15) is 31.4 Å². The van der Waals surface area contributed by atoms with Gasteiger partial charge >= 0.3 is 12.4 Å². The maximum absolute atomic E-state index is 12.8. The lowest BCUT2D eigenvalue weighted by Gasteiger charge is -2.15. The third-order valence-electron chi connectivity index (χ3n) is 3.05. The minimum Gasteiger partial charge on any atom is -0.507 e. The first kappa shape index (κ1) is 16.2. The first-order valence-corrected chi connectivity index (χ1v) is 6.08. The van der Waals surface area contributed by atoms with E-state index in [0.717, 1.165) is 0 Å². The topological polar surface area (TPSA) is 20.2 Å². The minimum atomic E-state index is -4.92. The normalized spacial score (nSPS) is 12.5. The van der Waals surface area contributed by atoms with Crippen LogP contribution >= 0.6 is 0 Å². The predicted molar refractivity (Wildman–Crippen MR) is 68.3 cm³/mol. The van der Waals surface area contributed by atoms with Crippen LogP contribution in [0.15, 0.2) is 36.4 Å². The van der Waals surface area contributed by atoms with Crippen molar-refractivity contribution in [3.63, 3.8) is 0 Å². The SMILES string of the molecule is Cc1ccc(O)c(-c2cc(C(F)(F)F)cc(C(F)(F)F)c2)c1. The highest BCUT2D eigenvalue weighted by molar-refractivity contribution is 5.72. The number of phenols is 1. The number of alkyl halides is 6. The Labute approximate surface area is 121 Å². The third-order valence-corrected chi connectivity index (χ3v) is 3.05. The first-order valence-electron chi connectivity index (χ1n) is 6.08. The molecule has 0 atom stereocenters. The quantitative estimate of drug-likeness (QED) is 0.697. The molecule has 0 saturated carbocycles. The maximum Gasteiger partial charge on any atom is 0.416 e. The van der Waals surface area contributed by atoms with Crippen molar-refractivity contribution in [3.8, 4) is 16.9 Å². The Morgan fingerprint density at radius 2 is 1.27 bits per heavy atom. The van der Waals surface area contributed by atoms with E-state index in [2.05, 4.69) is 0 Å². The summed E-state index contributed by atoms with van der Waals surface area (Å²) in [6.07, 6.45) is -9.84. The number of aryl methyl sites for hydroxylation is 1. The lowest BCUT2D eigenvalue weighted by atomic mass is 9.97. The van der Waals surface area contributed by atoms with E-state index in [1.54, 1.807) is 6.92 Å². The summed E-state index contributed by atoms with van der Waals surface area (Å²) in [4.78, 5) is 0. The van der Waals surface area contributed by atoms with Crippen molar-refractivity contribution in [1.29, 1.82) is 0 Å². The number of benzene rings is 2. The Bertz CT molecular complexity index is 668. The van der Waals surface area contributed by atoms with Gasteiger partial charge in [-0.25, -0.2) is 0 Å². The van der Waals surface area contributed by atoms with Gasteiger partial charge in [0.1, 0.15) is 5.75 Å². The van der Waals surface area contributed by atoms with Crippen LogP contribution in [0.2, 0.25) is 0 Å². The fourth-order valence-electron chi connectivity index (χ4n) is 1.99. The van der Waals surface area contributed by atoms with E-state index in [1.165, 1.54) is 18.2 Å². The van der Waals surface area contributed by atoms with E-state index in [4.69, 9.17) is 0 Å². The molecule has 22 heavy (non-hydrogen) atoms. The van der Waals surface area contributed by atoms with Crippen molar-refractivity contribution in [2.75, 3.05) is 0 Å². The number of aromatic hydroxyl groups is 1. The van der Waals surface area contributed by atoms with E-state index in [-0.39, 0.29) is 17.2 Å². The Balaban J connectivity index is 2.73. The van der Waals surface area contributed by atoms with E-state index >= 15 is 0 Å². The van der Waals surface area contributed by atoms with Crippen molar-refractivity contribution in [2.24, 2.45) is 0 Å². The molecule has 0 fully saturated rings. The summed E-state index contributed by atoms with van der Waals surface area (Å²) >= 11 is 0. The first-order chi connectivity index (χ1) is 9.98. The number of hydrogen-bond donors (Lipinski definition) is 1. The maximum atomic E-state index is 12.8. The third kappa shape index (κ3) is 3.35. The lowest BCUT2D eigenvalue weighted by Crippen LogP contribution is -2.11. The molecule has 0 amide bonds. The van der Waals surface area contributed by atoms with Gasteiger partial charge in [-0.3, -0.25) is 0 Å². The second-order valence-corrected chi connectivity index (χ2v) is 4.82. The highest BCUT2D eigenvalue weighted by atomic mass is 19.4. The monoisotopic (exact) mass is 320 g/mol. The summed E-state index contributed by atoms with van der Waals surface area (Å²) in [6, 6.07) is 5.27. The molecule has 0 unspecified atom stereocenters. The number of halogens is 6. The molecule has 0 heterocycles. The molecule has 1 nitrogen and oxygen atoms in total. The Morgan fingerprint density at radius 1 is 0.773 bits per heavy atom. The molecule has 1 N–H and O–H groups in total. The molecule has 2 rings (SSSR count). The molecular weight excluding hydrogens is 310 g/mol. The van der Waals surface area contributed by atoms with Gasteiger partial charge in [-0.15, -0.1) is 0 Å². The van der Waals surface area contributed by atoms with Crippen LogP contribution in [0.4, 0.5) is 26.3 Å². The van der Waals surface area contributed by atoms with Crippen molar-refractivity contribution >= 4 is 0 Å². The average molecular weight is 320 g/mol. The van der Waals surface area contributed by atoms with Crippen LogP contribution in [0, 0.1) is 6.92 Å². The van der Waals surface area contributed by atoms with Crippen LogP contribution in [0.1, 0.15) is 16.7 Å². The predicted octanol–water partition coefficient (Wildman–Crippen LogP) is 5.41. The number of rotatable bonds is 1. The second kappa shape index (κ2) is 5.23. The standard InChI is InChI=1S/C15H10F6O/c1-8-2-3-13(22)12(4-8)9-5-10(14(16,17)18)7-11(6-9)15(19,20)21/h2-7,22H,1H3. The number of hydrogen-bond acceptors (Lipinski definition) is 1. The summed E-state index contributed by atoms with van der Waals surface area (Å²) < 4.78 is 76.8. The highest BCUT2D eigenvalue weighted by Crippen LogP contribution is 2.40. The van der Waals surface area contributed by atoms with Crippen molar-refractivity contribution in [2.45, 2.75) is 19.3 Å². The van der Waals surface area contributed by atoms with E-state index in [0.29, 0.717) is 17.7 Å². The summed E-state index contributed by atoms with van der Waals surface area (Å²) in [6.45, 7) is 1.61. The fraction of sp³-hybridized carbons (Fsp3) is 0.200. The van der Waals surface area contributed by atoms with Crippen LogP contribution in [-0.4, -0.2) is 5.11 Å². The van der Waals surface area contributed by atoms with Gasteiger partial charge in [0, 0.05) is 5.56 Å². The lowest BCUT2D eigenvalue weighted by molar-refractivity contribution is -0.143. The average Bonchev–Trinajstić information content (AvgIpc) is 2.39. The molecule has 0 radical (unpaired) electrons. The molecule has 0 saturated heterocycles. The van der Waals surface area contributed by atoms with Gasteiger partial charge in [0.15, 0.2) is 0 Å². The van der Waals surface area contributed by atoms with Gasteiger partial charge in [-0.1, -0.05) is 11.6 Å². The molecule has 0 aliphatic rings. The van der Waals surface area contributed by atoms with Gasteiger partial charge in [0.05, 0.1) is 11.1 Å². The molecule has 0 spiro atoms. The molecule has 7 heteroatoms. The summed E-state index contributed by atoms with van der Waals surface area (Å²) in [5.74, 6) is -0.391. The van der Waals surface area contributed by atoms with Gasteiger partial charge < -0.3 is 5.11 Å². The zero-order chi connectivity index (χ0) is 16.7.